The zero-order valence-electron chi connectivity index (χ0n) is 16.3. The number of carbonyl (C=O) groups excluding carboxylic acids is 2. The summed E-state index contributed by atoms with van der Waals surface area (Å²) in [5.74, 6) is -0.650. The van der Waals surface area contributed by atoms with Crippen molar-refractivity contribution < 1.29 is 19.1 Å². The summed E-state index contributed by atoms with van der Waals surface area (Å²) in [6, 6.07) is 16.6. The van der Waals surface area contributed by atoms with Crippen LogP contribution < -0.4 is 0 Å². The van der Waals surface area contributed by atoms with Crippen molar-refractivity contribution in [3.8, 4) is 0 Å². The van der Waals surface area contributed by atoms with Crippen LogP contribution in [-0.2, 0) is 20.8 Å². The molecule has 1 atom stereocenters. The number of ether oxygens (including phenoxy) is 2. The Labute approximate surface area is 170 Å². The van der Waals surface area contributed by atoms with Crippen LogP contribution in [0.25, 0.3) is 0 Å². The van der Waals surface area contributed by atoms with Gasteiger partial charge in [0.2, 0.25) is 5.91 Å². The van der Waals surface area contributed by atoms with E-state index in [0.717, 1.165) is 11.1 Å². The van der Waals surface area contributed by atoms with E-state index in [4.69, 9.17) is 9.47 Å². The normalized spacial score (nSPS) is 21.4. The first-order valence-corrected chi connectivity index (χ1v) is 10.2. The zero-order chi connectivity index (χ0) is 19.8. The minimum absolute atomic E-state index is 0.0368. The molecule has 150 valence electrons. The minimum atomic E-state index is -0.629. The van der Waals surface area contributed by atoms with E-state index in [9.17, 15) is 9.59 Å². The monoisotopic (exact) mass is 392 g/mol. The van der Waals surface area contributed by atoms with Gasteiger partial charge in [0.15, 0.2) is 5.79 Å². The topological polar surface area (TPSA) is 59.1 Å². The Morgan fingerprint density at radius 3 is 2.28 bits per heavy atom. The summed E-state index contributed by atoms with van der Waals surface area (Å²) in [6.45, 7) is 2.81. The molecule has 2 aromatic carbocycles. The number of amides is 2. The Hall–Kier alpha value is -2.70. The number of piperidine rings is 1. The largest absolute Gasteiger partial charge is 0.347 e. The molecular weight excluding hydrogens is 368 g/mol. The summed E-state index contributed by atoms with van der Waals surface area (Å²) in [5, 5.41) is 0. The number of carbonyl (C=O) groups is 2. The summed E-state index contributed by atoms with van der Waals surface area (Å²) in [7, 11) is 0. The molecule has 0 aliphatic carbocycles. The molecule has 6 nitrogen and oxygen atoms in total. The highest BCUT2D eigenvalue weighted by atomic mass is 16.7. The lowest BCUT2D eigenvalue weighted by Gasteiger charge is -2.40. The van der Waals surface area contributed by atoms with Crippen LogP contribution in [0.5, 0.6) is 0 Å². The van der Waals surface area contributed by atoms with E-state index in [1.54, 1.807) is 4.90 Å². The molecule has 2 amide bonds. The fourth-order valence-electron chi connectivity index (χ4n) is 4.60. The second kappa shape index (κ2) is 7.28. The molecule has 5 rings (SSSR count). The van der Waals surface area contributed by atoms with E-state index in [1.165, 1.54) is 0 Å². The average molecular weight is 392 g/mol. The Morgan fingerprint density at radius 2 is 1.59 bits per heavy atom. The van der Waals surface area contributed by atoms with Crippen LogP contribution in [0.4, 0.5) is 0 Å². The van der Waals surface area contributed by atoms with Crippen molar-refractivity contribution in [3.05, 3.63) is 71.3 Å². The van der Waals surface area contributed by atoms with E-state index < -0.39 is 11.8 Å². The first-order valence-electron chi connectivity index (χ1n) is 10.2. The van der Waals surface area contributed by atoms with Gasteiger partial charge in [-0.05, 0) is 17.2 Å². The highest BCUT2D eigenvalue weighted by Gasteiger charge is 2.44. The molecule has 2 fully saturated rings. The standard InChI is InChI=1S/C23H24N2O4/c26-21-19-9-5-4-8-18(19)16-25(21)20(17-6-2-1-3-7-17)22(27)24-12-10-23(11-13-24)28-14-15-29-23/h1-9,20H,10-16H2. The Bertz CT molecular complexity index is 913. The zero-order valence-corrected chi connectivity index (χ0v) is 16.3. The maximum absolute atomic E-state index is 13.6. The molecule has 1 unspecified atom stereocenters. The van der Waals surface area contributed by atoms with Crippen LogP contribution in [0.2, 0.25) is 0 Å². The van der Waals surface area contributed by atoms with Crippen LogP contribution in [0.1, 0.15) is 40.4 Å². The molecule has 0 saturated carbocycles. The maximum atomic E-state index is 13.6. The average Bonchev–Trinajstić information content (AvgIpc) is 3.35. The number of hydrogen-bond acceptors (Lipinski definition) is 4. The van der Waals surface area contributed by atoms with Gasteiger partial charge in [-0.15, -0.1) is 0 Å². The van der Waals surface area contributed by atoms with Crippen molar-refractivity contribution in [2.45, 2.75) is 31.2 Å². The molecule has 29 heavy (non-hydrogen) atoms. The van der Waals surface area contributed by atoms with E-state index >= 15 is 0 Å². The van der Waals surface area contributed by atoms with E-state index in [1.807, 2.05) is 59.5 Å². The van der Waals surface area contributed by atoms with Crippen LogP contribution in [-0.4, -0.2) is 53.7 Å². The van der Waals surface area contributed by atoms with Gasteiger partial charge in [0.25, 0.3) is 5.91 Å². The van der Waals surface area contributed by atoms with Gasteiger partial charge in [-0.3, -0.25) is 9.59 Å². The van der Waals surface area contributed by atoms with Gasteiger partial charge in [0, 0.05) is 38.0 Å². The third-order valence-corrected chi connectivity index (χ3v) is 6.16. The van der Waals surface area contributed by atoms with Gasteiger partial charge in [-0.1, -0.05) is 48.5 Å². The van der Waals surface area contributed by atoms with Gasteiger partial charge in [0.1, 0.15) is 6.04 Å². The second-order valence-corrected chi connectivity index (χ2v) is 7.84. The first kappa shape index (κ1) is 18.3. The van der Waals surface area contributed by atoms with E-state index in [2.05, 4.69) is 0 Å². The van der Waals surface area contributed by atoms with Crippen molar-refractivity contribution in [2.24, 2.45) is 0 Å². The van der Waals surface area contributed by atoms with E-state index in [0.29, 0.717) is 51.3 Å². The molecule has 2 aromatic rings. The maximum Gasteiger partial charge on any atom is 0.255 e. The lowest BCUT2D eigenvalue weighted by atomic mass is 9.99. The molecule has 0 aromatic heterocycles. The summed E-state index contributed by atoms with van der Waals surface area (Å²) in [6.07, 6.45) is 1.32. The summed E-state index contributed by atoms with van der Waals surface area (Å²) < 4.78 is 11.6. The van der Waals surface area contributed by atoms with E-state index in [-0.39, 0.29) is 11.8 Å². The fourth-order valence-corrected chi connectivity index (χ4v) is 4.60. The molecule has 6 heteroatoms. The van der Waals surface area contributed by atoms with Gasteiger partial charge in [-0.2, -0.15) is 0 Å². The molecule has 2 saturated heterocycles. The Morgan fingerprint density at radius 1 is 0.931 bits per heavy atom. The summed E-state index contributed by atoms with van der Waals surface area (Å²) in [4.78, 5) is 30.3. The van der Waals surface area contributed by atoms with Crippen LogP contribution in [0.15, 0.2) is 54.6 Å². The van der Waals surface area contributed by atoms with Crippen molar-refractivity contribution in [1.29, 1.82) is 0 Å². The van der Waals surface area contributed by atoms with Crippen molar-refractivity contribution in [2.75, 3.05) is 26.3 Å². The van der Waals surface area contributed by atoms with Crippen molar-refractivity contribution >= 4 is 11.8 Å². The molecular formula is C23H24N2O4. The number of benzene rings is 2. The van der Waals surface area contributed by atoms with Crippen LogP contribution in [0.3, 0.4) is 0 Å². The number of likely N-dealkylation sites (tertiary alicyclic amines) is 1. The summed E-state index contributed by atoms with van der Waals surface area (Å²) in [5.41, 5.74) is 2.50. The minimum Gasteiger partial charge on any atom is -0.347 e. The lowest BCUT2D eigenvalue weighted by molar-refractivity contribution is -0.188. The van der Waals surface area contributed by atoms with Gasteiger partial charge < -0.3 is 19.3 Å². The molecule has 3 aliphatic heterocycles. The number of nitrogens with zero attached hydrogens (tertiary/aromatic N) is 2. The molecule has 0 radical (unpaired) electrons. The lowest BCUT2D eigenvalue weighted by Crippen LogP contribution is -2.50. The molecule has 0 bridgehead atoms. The highest BCUT2D eigenvalue weighted by Crippen LogP contribution is 2.36. The predicted molar refractivity (Wildman–Crippen MR) is 106 cm³/mol. The molecule has 3 heterocycles. The summed E-state index contributed by atoms with van der Waals surface area (Å²) >= 11 is 0. The van der Waals surface area contributed by atoms with Crippen LogP contribution in [0, 0.1) is 0 Å². The predicted octanol–water partition coefficient (Wildman–Crippen LogP) is 2.75. The third kappa shape index (κ3) is 3.22. The van der Waals surface area contributed by atoms with Crippen molar-refractivity contribution in [1.82, 2.24) is 9.80 Å². The highest BCUT2D eigenvalue weighted by molar-refractivity contribution is 6.01. The molecule has 0 N–H and O–H groups in total. The molecule has 1 spiro atoms. The van der Waals surface area contributed by atoms with Gasteiger partial charge in [-0.25, -0.2) is 0 Å². The van der Waals surface area contributed by atoms with Crippen LogP contribution >= 0.6 is 0 Å². The second-order valence-electron chi connectivity index (χ2n) is 7.84. The number of hydrogen-bond donors (Lipinski definition) is 0. The quantitative estimate of drug-likeness (QED) is 0.806. The molecule has 3 aliphatic rings. The Balaban J connectivity index is 1.42. The fraction of sp³-hybridized carbons (Fsp3) is 0.391. The van der Waals surface area contributed by atoms with Crippen molar-refractivity contribution in [3.63, 3.8) is 0 Å². The van der Waals surface area contributed by atoms with Gasteiger partial charge >= 0.3 is 0 Å². The SMILES string of the molecule is O=C(C(c1ccccc1)N1Cc2ccccc2C1=O)N1CCC2(CC1)OCCO2. The number of rotatable bonds is 3. The van der Waals surface area contributed by atoms with Gasteiger partial charge in [0.05, 0.1) is 13.2 Å². The number of fused-ring (bicyclic) bond motifs is 1. The third-order valence-electron chi connectivity index (χ3n) is 6.16. The Kier molecular flexibility index (Phi) is 4.60. The smallest absolute Gasteiger partial charge is 0.255 e. The first-order chi connectivity index (χ1) is 14.2.